The van der Waals surface area contributed by atoms with Crippen molar-refractivity contribution in [2.24, 2.45) is 7.05 Å². The average molecular weight is 475 g/mol. The Hall–Kier alpha value is -4.82. The van der Waals surface area contributed by atoms with Crippen molar-refractivity contribution < 1.29 is 0 Å². The summed E-state index contributed by atoms with van der Waals surface area (Å²) >= 11 is 0. The summed E-state index contributed by atoms with van der Waals surface area (Å²) in [6.45, 7) is 0. The molecule has 0 aliphatic heterocycles. The van der Waals surface area contributed by atoms with Gasteiger partial charge < -0.3 is 9.47 Å². The first-order valence-electron chi connectivity index (χ1n) is 12.7. The van der Waals surface area contributed by atoms with Crippen molar-refractivity contribution >= 4 is 49.6 Å². The lowest BCUT2D eigenvalue weighted by atomic mass is 9.99. The van der Waals surface area contributed by atoms with Crippen molar-refractivity contribution in [1.29, 1.82) is 0 Å². The number of para-hydroxylation sites is 2. The second-order valence-corrected chi connectivity index (χ2v) is 9.53. The smallest absolute Gasteiger partial charge is 0.0495 e. The summed E-state index contributed by atoms with van der Waals surface area (Å²) in [7, 11) is 2.15. The molecule has 1 aromatic heterocycles. The molecule has 0 atom stereocenters. The number of hydrogen-bond acceptors (Lipinski definition) is 1. The van der Waals surface area contributed by atoms with Crippen LogP contribution in [0.1, 0.15) is 0 Å². The van der Waals surface area contributed by atoms with E-state index in [-0.39, 0.29) is 0 Å². The zero-order chi connectivity index (χ0) is 24.8. The average Bonchev–Trinajstić information content (AvgIpc) is 3.26. The van der Waals surface area contributed by atoms with Crippen molar-refractivity contribution in [2.45, 2.75) is 0 Å². The summed E-state index contributed by atoms with van der Waals surface area (Å²) in [5.74, 6) is 0. The van der Waals surface area contributed by atoms with Gasteiger partial charge in [0.05, 0.1) is 0 Å². The normalized spacial score (nSPS) is 11.4. The van der Waals surface area contributed by atoms with Crippen LogP contribution in [0.15, 0.2) is 140 Å². The number of aryl methyl sites for hydroxylation is 1. The molecule has 0 spiro atoms. The van der Waals surface area contributed by atoms with E-state index < -0.39 is 0 Å². The summed E-state index contributed by atoms with van der Waals surface area (Å²) in [5, 5.41) is 5.09. The van der Waals surface area contributed by atoms with Crippen molar-refractivity contribution in [3.05, 3.63) is 140 Å². The van der Waals surface area contributed by atoms with E-state index in [2.05, 4.69) is 156 Å². The maximum absolute atomic E-state index is 2.33. The van der Waals surface area contributed by atoms with Gasteiger partial charge in [0.25, 0.3) is 0 Å². The molecule has 0 saturated carbocycles. The molecule has 0 saturated heterocycles. The molecule has 0 unspecified atom stereocenters. The molecule has 1 heterocycles. The van der Waals surface area contributed by atoms with Crippen LogP contribution in [0.4, 0.5) is 17.1 Å². The highest BCUT2D eigenvalue weighted by Crippen LogP contribution is 2.39. The lowest BCUT2D eigenvalue weighted by Crippen LogP contribution is -2.09. The third-order valence-corrected chi connectivity index (χ3v) is 7.38. The highest BCUT2D eigenvalue weighted by molar-refractivity contribution is 6.14. The first-order chi connectivity index (χ1) is 18.3. The Kier molecular flexibility index (Phi) is 5.04. The Bertz CT molecular complexity index is 1880. The topological polar surface area (TPSA) is 8.17 Å². The fourth-order valence-corrected chi connectivity index (χ4v) is 5.58. The molecule has 0 N–H and O–H groups in total. The Morgan fingerprint density at radius 1 is 0.486 bits per heavy atom. The molecule has 7 aromatic rings. The minimum Gasteiger partial charge on any atom is -0.344 e. The second-order valence-electron chi connectivity index (χ2n) is 9.53. The molecule has 0 radical (unpaired) electrons. The fraction of sp³-hybridized carbons (Fsp3) is 0.0286. The van der Waals surface area contributed by atoms with Crippen molar-refractivity contribution in [3.63, 3.8) is 0 Å². The van der Waals surface area contributed by atoms with E-state index in [1.807, 2.05) is 0 Å². The van der Waals surface area contributed by atoms with E-state index in [0.717, 1.165) is 17.1 Å². The van der Waals surface area contributed by atoms with Gasteiger partial charge in [-0.2, -0.15) is 0 Å². The van der Waals surface area contributed by atoms with Crippen LogP contribution in [0, 0.1) is 0 Å². The van der Waals surface area contributed by atoms with Crippen molar-refractivity contribution in [1.82, 2.24) is 4.57 Å². The van der Waals surface area contributed by atoms with Crippen molar-refractivity contribution in [3.8, 4) is 11.1 Å². The fourth-order valence-electron chi connectivity index (χ4n) is 5.58. The molecule has 0 bridgehead atoms. The van der Waals surface area contributed by atoms with Gasteiger partial charge in [-0.15, -0.1) is 0 Å². The lowest BCUT2D eigenvalue weighted by molar-refractivity contribution is 1.01. The van der Waals surface area contributed by atoms with Gasteiger partial charge in [-0.1, -0.05) is 91.0 Å². The molecule has 0 aliphatic carbocycles. The SMILES string of the molecule is Cn1c2ccccc2c2c(-c3ccc(N(c4ccccc4)c4ccc5ccccc5c4)cc3)cccc21. The Morgan fingerprint density at radius 2 is 1.14 bits per heavy atom. The minimum atomic E-state index is 1.13. The van der Waals surface area contributed by atoms with Crippen LogP contribution in [-0.4, -0.2) is 4.57 Å². The maximum atomic E-state index is 2.33. The highest BCUT2D eigenvalue weighted by Gasteiger charge is 2.15. The van der Waals surface area contributed by atoms with Crippen LogP contribution in [0.25, 0.3) is 43.7 Å². The largest absolute Gasteiger partial charge is 0.344 e. The number of fused-ring (bicyclic) bond motifs is 4. The summed E-state index contributed by atoms with van der Waals surface area (Å²) < 4.78 is 2.29. The van der Waals surface area contributed by atoms with E-state index in [1.165, 1.54) is 43.7 Å². The second kappa shape index (κ2) is 8.69. The molecule has 2 heteroatoms. The van der Waals surface area contributed by atoms with Gasteiger partial charge in [-0.25, -0.2) is 0 Å². The zero-order valence-electron chi connectivity index (χ0n) is 20.7. The van der Waals surface area contributed by atoms with Crippen LogP contribution in [0.5, 0.6) is 0 Å². The monoisotopic (exact) mass is 474 g/mol. The van der Waals surface area contributed by atoms with Gasteiger partial charge in [-0.05, 0) is 70.4 Å². The van der Waals surface area contributed by atoms with Crippen LogP contribution < -0.4 is 4.90 Å². The number of nitrogens with zero attached hydrogens (tertiary/aromatic N) is 2. The number of aromatic nitrogens is 1. The van der Waals surface area contributed by atoms with E-state index in [4.69, 9.17) is 0 Å². The first kappa shape index (κ1) is 21.5. The molecule has 6 aromatic carbocycles. The van der Waals surface area contributed by atoms with Crippen LogP contribution >= 0.6 is 0 Å². The standard InChI is InChI=1S/C35H26N2/c1-36-33-16-8-7-14-32(33)35-31(15-9-17-34(35)36)26-19-21-29(22-20-26)37(28-12-3-2-4-13-28)30-23-18-25-10-5-6-11-27(25)24-30/h2-24H,1H3. The number of anilines is 3. The van der Waals surface area contributed by atoms with Gasteiger partial charge in [0.1, 0.15) is 0 Å². The number of hydrogen-bond donors (Lipinski definition) is 0. The van der Waals surface area contributed by atoms with E-state index in [0.29, 0.717) is 0 Å². The summed E-state index contributed by atoms with van der Waals surface area (Å²) in [6.07, 6.45) is 0. The van der Waals surface area contributed by atoms with Gasteiger partial charge in [0.15, 0.2) is 0 Å². The zero-order valence-corrected chi connectivity index (χ0v) is 20.7. The lowest BCUT2D eigenvalue weighted by Gasteiger charge is -2.26. The molecule has 37 heavy (non-hydrogen) atoms. The van der Waals surface area contributed by atoms with Crippen LogP contribution in [0.3, 0.4) is 0 Å². The molecule has 0 amide bonds. The first-order valence-corrected chi connectivity index (χ1v) is 12.7. The predicted octanol–water partition coefficient (Wildman–Crippen LogP) is 9.62. The summed E-state index contributed by atoms with van der Waals surface area (Å²) in [4.78, 5) is 2.33. The quantitative estimate of drug-likeness (QED) is 0.246. The highest BCUT2D eigenvalue weighted by atomic mass is 15.1. The Morgan fingerprint density at radius 3 is 1.97 bits per heavy atom. The van der Waals surface area contributed by atoms with Crippen molar-refractivity contribution in [2.75, 3.05) is 4.90 Å². The van der Waals surface area contributed by atoms with Gasteiger partial charge in [0.2, 0.25) is 0 Å². The summed E-state index contributed by atoms with van der Waals surface area (Å²) in [5.41, 5.74) is 8.42. The Balaban J connectivity index is 1.37. The maximum Gasteiger partial charge on any atom is 0.0495 e. The van der Waals surface area contributed by atoms with Crippen LogP contribution in [-0.2, 0) is 7.05 Å². The van der Waals surface area contributed by atoms with E-state index >= 15 is 0 Å². The molecule has 0 aliphatic rings. The number of rotatable bonds is 4. The molecule has 2 nitrogen and oxygen atoms in total. The third kappa shape index (κ3) is 3.57. The van der Waals surface area contributed by atoms with Gasteiger partial charge >= 0.3 is 0 Å². The molecular formula is C35H26N2. The van der Waals surface area contributed by atoms with Crippen LogP contribution in [0.2, 0.25) is 0 Å². The summed E-state index contributed by atoms with van der Waals surface area (Å²) in [6, 6.07) is 50.1. The number of benzene rings is 6. The Labute approximate surface area is 216 Å². The van der Waals surface area contributed by atoms with Gasteiger partial charge in [0, 0.05) is 45.9 Å². The minimum absolute atomic E-state index is 1.13. The molecule has 176 valence electrons. The predicted molar refractivity (Wildman–Crippen MR) is 158 cm³/mol. The van der Waals surface area contributed by atoms with E-state index in [9.17, 15) is 0 Å². The molecule has 7 rings (SSSR count). The van der Waals surface area contributed by atoms with Gasteiger partial charge in [-0.3, -0.25) is 0 Å². The molecular weight excluding hydrogens is 448 g/mol. The van der Waals surface area contributed by atoms with E-state index in [1.54, 1.807) is 0 Å². The molecule has 0 fully saturated rings. The third-order valence-electron chi connectivity index (χ3n) is 7.38.